The number of nitrogens with one attached hydrogen (secondary N) is 1. The van der Waals surface area contributed by atoms with Gasteiger partial charge in [-0.25, -0.2) is 0 Å². The molecule has 0 aliphatic heterocycles. The van der Waals surface area contributed by atoms with E-state index in [9.17, 15) is 0 Å². The van der Waals surface area contributed by atoms with Crippen LogP contribution in [0.2, 0.25) is 0 Å². The maximum atomic E-state index is 5.87. The zero-order chi connectivity index (χ0) is 11.4. The van der Waals surface area contributed by atoms with Crippen molar-refractivity contribution in [2.75, 3.05) is 13.2 Å². The van der Waals surface area contributed by atoms with Gasteiger partial charge in [-0.05, 0) is 53.0 Å². The highest BCUT2D eigenvalue weighted by Gasteiger charge is 2.37. The highest BCUT2D eigenvalue weighted by atomic mass is 16.5. The van der Waals surface area contributed by atoms with E-state index >= 15 is 0 Å². The summed E-state index contributed by atoms with van der Waals surface area (Å²) in [6.45, 7) is 12.0. The van der Waals surface area contributed by atoms with Crippen molar-refractivity contribution in [3.63, 3.8) is 0 Å². The first kappa shape index (κ1) is 12.7. The third kappa shape index (κ3) is 4.35. The lowest BCUT2D eigenvalue weighted by atomic mass is 9.77. The van der Waals surface area contributed by atoms with Gasteiger partial charge < -0.3 is 10.1 Å². The molecular formula is C13H25NO. The lowest BCUT2D eigenvalue weighted by molar-refractivity contribution is -0.0935. The number of rotatable bonds is 6. The fraction of sp³-hybridized carbons (Fsp3) is 0.846. The molecule has 1 rings (SSSR count). The molecule has 15 heavy (non-hydrogen) atoms. The minimum Gasteiger partial charge on any atom is -0.371 e. The maximum Gasteiger partial charge on any atom is 0.0699 e. The quantitative estimate of drug-likeness (QED) is 0.682. The summed E-state index contributed by atoms with van der Waals surface area (Å²) in [5.41, 5.74) is 0.371. The van der Waals surface area contributed by atoms with Crippen LogP contribution in [0.1, 0.15) is 46.5 Å². The number of hydrogen-bond donors (Lipinski definition) is 1. The van der Waals surface area contributed by atoms with Crippen molar-refractivity contribution in [1.82, 2.24) is 5.32 Å². The molecule has 0 unspecified atom stereocenters. The van der Waals surface area contributed by atoms with E-state index in [4.69, 9.17) is 4.74 Å². The second-order valence-electron chi connectivity index (χ2n) is 5.56. The van der Waals surface area contributed by atoms with Gasteiger partial charge in [0.25, 0.3) is 0 Å². The van der Waals surface area contributed by atoms with E-state index in [1.165, 1.54) is 19.3 Å². The monoisotopic (exact) mass is 211 g/mol. The van der Waals surface area contributed by atoms with Crippen LogP contribution in [0.5, 0.6) is 0 Å². The Kier molecular flexibility index (Phi) is 4.35. The smallest absolute Gasteiger partial charge is 0.0699 e. The van der Waals surface area contributed by atoms with Crippen molar-refractivity contribution in [1.29, 1.82) is 0 Å². The molecule has 0 heterocycles. The van der Waals surface area contributed by atoms with Crippen molar-refractivity contribution in [2.45, 2.75) is 57.6 Å². The normalized spacial score (nSPS) is 19.7. The van der Waals surface area contributed by atoms with Crippen LogP contribution in [0.4, 0.5) is 0 Å². The Balaban J connectivity index is 2.24. The van der Waals surface area contributed by atoms with Crippen LogP contribution in [0, 0.1) is 0 Å². The Morgan fingerprint density at radius 1 is 1.40 bits per heavy atom. The highest BCUT2D eigenvalue weighted by Crippen LogP contribution is 2.38. The van der Waals surface area contributed by atoms with Crippen molar-refractivity contribution in [3.8, 4) is 0 Å². The van der Waals surface area contributed by atoms with Gasteiger partial charge in [0.15, 0.2) is 0 Å². The van der Waals surface area contributed by atoms with E-state index < -0.39 is 0 Å². The molecule has 0 atom stereocenters. The molecule has 0 aromatic carbocycles. The molecule has 0 amide bonds. The summed E-state index contributed by atoms with van der Waals surface area (Å²) in [7, 11) is 0. The predicted molar refractivity (Wildman–Crippen MR) is 65.1 cm³/mol. The van der Waals surface area contributed by atoms with Crippen molar-refractivity contribution in [2.24, 2.45) is 0 Å². The average Bonchev–Trinajstić information content (AvgIpc) is 2.06. The van der Waals surface area contributed by atoms with Crippen molar-refractivity contribution in [3.05, 3.63) is 12.7 Å². The second kappa shape index (κ2) is 5.13. The Morgan fingerprint density at radius 3 is 2.47 bits per heavy atom. The van der Waals surface area contributed by atoms with E-state index in [0.717, 1.165) is 13.0 Å². The van der Waals surface area contributed by atoms with Gasteiger partial charge in [-0.1, -0.05) is 6.08 Å². The molecule has 1 aliphatic carbocycles. The van der Waals surface area contributed by atoms with E-state index in [0.29, 0.717) is 6.61 Å². The van der Waals surface area contributed by atoms with E-state index in [2.05, 4.69) is 32.7 Å². The van der Waals surface area contributed by atoms with E-state index in [1.54, 1.807) is 0 Å². The summed E-state index contributed by atoms with van der Waals surface area (Å²) in [5, 5.41) is 3.52. The van der Waals surface area contributed by atoms with Crippen LogP contribution in [0.15, 0.2) is 12.7 Å². The first-order chi connectivity index (χ1) is 6.97. The van der Waals surface area contributed by atoms with Crippen LogP contribution in [0.3, 0.4) is 0 Å². The van der Waals surface area contributed by atoms with Crippen LogP contribution in [-0.2, 0) is 4.74 Å². The van der Waals surface area contributed by atoms with Gasteiger partial charge >= 0.3 is 0 Å². The standard InChI is InChI=1S/C13H25NO/c1-5-11-15-13(7-6-8-13)9-10-14-12(2,3)4/h5,14H,1,6-11H2,2-4H3. The molecule has 0 spiro atoms. The first-order valence-corrected chi connectivity index (χ1v) is 5.97. The summed E-state index contributed by atoms with van der Waals surface area (Å²) in [5.74, 6) is 0. The number of hydrogen-bond acceptors (Lipinski definition) is 2. The molecule has 1 N–H and O–H groups in total. The molecule has 2 heteroatoms. The second-order valence-corrected chi connectivity index (χ2v) is 5.56. The van der Waals surface area contributed by atoms with Gasteiger partial charge in [-0.2, -0.15) is 0 Å². The third-order valence-electron chi connectivity index (χ3n) is 3.01. The van der Waals surface area contributed by atoms with Gasteiger partial charge in [0.2, 0.25) is 0 Å². The largest absolute Gasteiger partial charge is 0.371 e. The van der Waals surface area contributed by atoms with Crippen LogP contribution < -0.4 is 5.32 Å². The Morgan fingerprint density at radius 2 is 2.07 bits per heavy atom. The molecule has 1 aliphatic rings. The summed E-state index contributed by atoms with van der Waals surface area (Å²) in [4.78, 5) is 0. The average molecular weight is 211 g/mol. The molecule has 0 bridgehead atoms. The summed E-state index contributed by atoms with van der Waals surface area (Å²) >= 11 is 0. The molecular weight excluding hydrogens is 186 g/mol. The lowest BCUT2D eigenvalue weighted by Gasteiger charge is -2.42. The lowest BCUT2D eigenvalue weighted by Crippen LogP contribution is -2.45. The van der Waals surface area contributed by atoms with Gasteiger partial charge in [-0.15, -0.1) is 6.58 Å². The minimum atomic E-state index is 0.159. The molecule has 0 aromatic heterocycles. The molecule has 88 valence electrons. The van der Waals surface area contributed by atoms with Gasteiger partial charge in [0.05, 0.1) is 12.2 Å². The Bertz CT molecular complexity index is 201. The molecule has 1 fully saturated rings. The minimum absolute atomic E-state index is 0.159. The molecule has 1 saturated carbocycles. The SMILES string of the molecule is C=CCOC1(CCNC(C)(C)C)CCC1. The zero-order valence-corrected chi connectivity index (χ0v) is 10.4. The summed E-state index contributed by atoms with van der Waals surface area (Å²) in [6, 6.07) is 0. The van der Waals surface area contributed by atoms with Gasteiger partial charge in [0.1, 0.15) is 0 Å². The van der Waals surface area contributed by atoms with Crippen LogP contribution in [-0.4, -0.2) is 24.3 Å². The molecule has 0 aromatic rings. The van der Waals surface area contributed by atoms with E-state index in [-0.39, 0.29) is 11.1 Å². The zero-order valence-electron chi connectivity index (χ0n) is 10.4. The van der Waals surface area contributed by atoms with Gasteiger partial charge in [0, 0.05) is 5.54 Å². The highest BCUT2D eigenvalue weighted by molar-refractivity contribution is 4.91. The first-order valence-electron chi connectivity index (χ1n) is 5.97. The topological polar surface area (TPSA) is 21.3 Å². The maximum absolute atomic E-state index is 5.87. The molecule has 0 radical (unpaired) electrons. The fourth-order valence-electron chi connectivity index (χ4n) is 1.94. The van der Waals surface area contributed by atoms with E-state index in [1.807, 2.05) is 6.08 Å². The van der Waals surface area contributed by atoms with Crippen molar-refractivity contribution < 1.29 is 4.74 Å². The Hall–Kier alpha value is -0.340. The van der Waals surface area contributed by atoms with Crippen LogP contribution in [0.25, 0.3) is 0 Å². The third-order valence-corrected chi connectivity index (χ3v) is 3.01. The fourth-order valence-corrected chi connectivity index (χ4v) is 1.94. The molecule has 2 nitrogen and oxygen atoms in total. The van der Waals surface area contributed by atoms with Crippen LogP contribution >= 0.6 is 0 Å². The summed E-state index contributed by atoms with van der Waals surface area (Å²) in [6.07, 6.45) is 6.71. The predicted octanol–water partition coefficient (Wildman–Crippen LogP) is 2.89. The summed E-state index contributed by atoms with van der Waals surface area (Å²) < 4.78 is 5.87. The Labute approximate surface area is 94.1 Å². The molecule has 0 saturated heterocycles. The van der Waals surface area contributed by atoms with Gasteiger partial charge in [-0.3, -0.25) is 0 Å². The van der Waals surface area contributed by atoms with Crippen molar-refractivity contribution >= 4 is 0 Å². The number of ether oxygens (including phenoxy) is 1.